The predicted molar refractivity (Wildman–Crippen MR) is 133 cm³/mol. The Morgan fingerprint density at radius 2 is 1.95 bits per heavy atom. The van der Waals surface area contributed by atoms with Crippen molar-refractivity contribution in [2.45, 2.75) is 20.1 Å². The highest BCUT2D eigenvalue weighted by Gasteiger charge is 2.34. The van der Waals surface area contributed by atoms with Crippen molar-refractivity contribution in [3.63, 3.8) is 0 Å². The van der Waals surface area contributed by atoms with Gasteiger partial charge in [-0.05, 0) is 64.8 Å². The maximum absolute atomic E-state index is 14.0. The summed E-state index contributed by atoms with van der Waals surface area (Å²) in [7, 11) is 1.22. The second kappa shape index (κ2) is 11.3. The molecule has 3 amide bonds. The van der Waals surface area contributed by atoms with E-state index in [1.807, 2.05) is 0 Å². The average molecular weight is 573 g/mol. The van der Waals surface area contributed by atoms with Crippen LogP contribution in [0.25, 0.3) is 6.08 Å². The van der Waals surface area contributed by atoms with E-state index in [1.165, 1.54) is 31.4 Å². The summed E-state index contributed by atoms with van der Waals surface area (Å²) in [4.78, 5) is 37.9. The molecule has 0 aliphatic carbocycles. The highest BCUT2D eigenvalue weighted by Crippen LogP contribution is 2.38. The Kier molecular flexibility index (Phi) is 7.92. The van der Waals surface area contributed by atoms with Gasteiger partial charge in [0.1, 0.15) is 23.9 Å². The van der Waals surface area contributed by atoms with Crippen LogP contribution < -0.4 is 14.8 Å². The zero-order valence-electron chi connectivity index (χ0n) is 19.9. The first-order valence-electron chi connectivity index (χ1n) is 11.1. The first-order valence-corrected chi connectivity index (χ1v) is 11.9. The number of furan rings is 1. The quantitative estimate of drug-likeness (QED) is 0.217. The lowest BCUT2D eigenvalue weighted by molar-refractivity contribution is -0.123. The van der Waals surface area contributed by atoms with Crippen LogP contribution in [0, 0.1) is 5.82 Å². The monoisotopic (exact) mass is 572 g/mol. The molecular weight excluding hydrogens is 551 g/mol. The number of nitrogens with one attached hydrogen (secondary N) is 1. The second-order valence-corrected chi connectivity index (χ2v) is 8.63. The van der Waals surface area contributed by atoms with Crippen molar-refractivity contribution in [1.29, 1.82) is 0 Å². The van der Waals surface area contributed by atoms with E-state index in [4.69, 9.17) is 13.9 Å². The van der Waals surface area contributed by atoms with Crippen molar-refractivity contribution < 1.29 is 37.4 Å². The third kappa shape index (κ3) is 5.83. The second-order valence-electron chi connectivity index (χ2n) is 7.78. The fourth-order valence-corrected chi connectivity index (χ4v) is 4.12. The molecule has 1 aromatic heterocycles. The Bertz CT molecular complexity index is 1380. The van der Waals surface area contributed by atoms with Gasteiger partial charge in [0, 0.05) is 5.56 Å². The molecule has 0 atom stereocenters. The number of halogens is 2. The van der Waals surface area contributed by atoms with Gasteiger partial charge in [-0.3, -0.25) is 9.69 Å². The fraction of sp³-hybridized carbons (Fsp3) is 0.192. The summed E-state index contributed by atoms with van der Waals surface area (Å²) < 4.78 is 36.0. The number of carbonyl (C=O) groups excluding carboxylic acids is 3. The molecule has 11 heteroatoms. The van der Waals surface area contributed by atoms with E-state index in [1.54, 1.807) is 37.3 Å². The van der Waals surface area contributed by atoms with Gasteiger partial charge in [0.2, 0.25) is 5.76 Å². The van der Waals surface area contributed by atoms with Crippen molar-refractivity contribution in [3.8, 4) is 11.5 Å². The van der Waals surface area contributed by atoms with Crippen LogP contribution in [-0.2, 0) is 22.7 Å². The molecule has 2 heterocycles. The lowest BCUT2D eigenvalue weighted by Crippen LogP contribution is -2.30. The zero-order valence-corrected chi connectivity index (χ0v) is 21.5. The number of imide groups is 1. The molecule has 0 saturated carbocycles. The number of nitrogens with zero attached hydrogens (tertiary/aromatic N) is 1. The summed E-state index contributed by atoms with van der Waals surface area (Å²) in [5.74, 6) is -0.673. The maximum Gasteiger partial charge on any atom is 0.373 e. The van der Waals surface area contributed by atoms with Crippen molar-refractivity contribution in [2.75, 3.05) is 13.7 Å². The normalized spacial score (nSPS) is 14.2. The number of hydrogen-bond donors (Lipinski definition) is 1. The number of hydrogen-bond acceptors (Lipinski definition) is 7. The predicted octanol–water partition coefficient (Wildman–Crippen LogP) is 5.04. The third-order valence-corrected chi connectivity index (χ3v) is 5.89. The summed E-state index contributed by atoms with van der Waals surface area (Å²) in [5, 5.41) is 2.54. The molecule has 2 aromatic carbocycles. The summed E-state index contributed by atoms with van der Waals surface area (Å²) in [6.45, 7) is 1.96. The number of rotatable bonds is 9. The standard InChI is InChI=1S/C26H22BrFN2O7/c1-3-35-22-12-15(10-18(27)23(22)36-14-16-6-4-5-7-19(16)28)11-20-24(31)30(26(33)29-20)13-17-8-9-21(37-17)25(32)34-2/h4-12H,3,13-14H2,1-2H3,(H,29,33)/b20-11-. The summed E-state index contributed by atoms with van der Waals surface area (Å²) in [5.41, 5.74) is 0.974. The highest BCUT2D eigenvalue weighted by atomic mass is 79.9. The lowest BCUT2D eigenvalue weighted by atomic mass is 10.1. The minimum Gasteiger partial charge on any atom is -0.490 e. The van der Waals surface area contributed by atoms with Gasteiger partial charge in [-0.2, -0.15) is 0 Å². The summed E-state index contributed by atoms with van der Waals surface area (Å²) in [6.07, 6.45) is 1.50. The average Bonchev–Trinajstić information content (AvgIpc) is 3.44. The number of benzene rings is 2. The van der Waals surface area contributed by atoms with E-state index in [9.17, 15) is 18.8 Å². The molecule has 1 aliphatic rings. The Morgan fingerprint density at radius 3 is 2.68 bits per heavy atom. The van der Waals surface area contributed by atoms with Gasteiger partial charge in [0.05, 0.1) is 24.7 Å². The van der Waals surface area contributed by atoms with Crippen LogP contribution in [0.15, 0.2) is 63.1 Å². The van der Waals surface area contributed by atoms with Gasteiger partial charge in [-0.1, -0.05) is 18.2 Å². The van der Waals surface area contributed by atoms with Crippen LogP contribution in [0.4, 0.5) is 9.18 Å². The van der Waals surface area contributed by atoms with Crippen LogP contribution in [0.5, 0.6) is 11.5 Å². The van der Waals surface area contributed by atoms with Crippen molar-refractivity contribution >= 4 is 39.9 Å². The number of esters is 1. The van der Waals surface area contributed by atoms with E-state index >= 15 is 0 Å². The Morgan fingerprint density at radius 1 is 1.16 bits per heavy atom. The molecule has 1 saturated heterocycles. The van der Waals surface area contributed by atoms with Gasteiger partial charge < -0.3 is 23.9 Å². The number of amides is 3. The van der Waals surface area contributed by atoms with Gasteiger partial charge in [0.25, 0.3) is 5.91 Å². The number of urea groups is 1. The van der Waals surface area contributed by atoms with Crippen molar-refractivity contribution in [3.05, 3.63) is 87.2 Å². The molecular formula is C26H22BrFN2O7. The van der Waals surface area contributed by atoms with E-state index in [2.05, 4.69) is 26.0 Å². The van der Waals surface area contributed by atoms with E-state index < -0.39 is 17.9 Å². The first-order chi connectivity index (χ1) is 17.8. The van der Waals surface area contributed by atoms with E-state index in [-0.39, 0.29) is 36.2 Å². The zero-order chi connectivity index (χ0) is 26.5. The largest absolute Gasteiger partial charge is 0.490 e. The Hall–Kier alpha value is -4.12. The maximum atomic E-state index is 14.0. The smallest absolute Gasteiger partial charge is 0.373 e. The van der Waals surface area contributed by atoms with Crippen LogP contribution in [0.3, 0.4) is 0 Å². The van der Waals surface area contributed by atoms with E-state index in [0.717, 1.165) is 4.90 Å². The topological polar surface area (TPSA) is 107 Å². The van der Waals surface area contributed by atoms with Gasteiger partial charge in [-0.15, -0.1) is 0 Å². The molecule has 3 aromatic rings. The molecule has 0 unspecified atom stereocenters. The highest BCUT2D eigenvalue weighted by molar-refractivity contribution is 9.10. The number of ether oxygens (including phenoxy) is 3. The molecule has 0 bridgehead atoms. The van der Waals surface area contributed by atoms with Crippen LogP contribution in [0.1, 0.15) is 34.4 Å². The molecule has 0 spiro atoms. The van der Waals surface area contributed by atoms with Crippen LogP contribution in [0.2, 0.25) is 0 Å². The molecule has 1 fully saturated rings. The van der Waals surface area contributed by atoms with Crippen LogP contribution >= 0.6 is 15.9 Å². The van der Waals surface area contributed by atoms with Gasteiger partial charge in [0.15, 0.2) is 11.5 Å². The molecule has 1 aliphatic heterocycles. The Labute approximate surface area is 219 Å². The van der Waals surface area contributed by atoms with Crippen LogP contribution in [-0.4, -0.2) is 36.5 Å². The molecule has 4 rings (SSSR count). The molecule has 1 N–H and O–H groups in total. The van der Waals surface area contributed by atoms with Gasteiger partial charge >= 0.3 is 12.0 Å². The fourth-order valence-electron chi connectivity index (χ4n) is 3.55. The van der Waals surface area contributed by atoms with Crippen molar-refractivity contribution in [2.24, 2.45) is 0 Å². The first kappa shape index (κ1) is 26.0. The molecule has 9 nitrogen and oxygen atoms in total. The molecule has 37 heavy (non-hydrogen) atoms. The van der Waals surface area contributed by atoms with Gasteiger partial charge in [-0.25, -0.2) is 14.0 Å². The SMILES string of the molecule is CCOc1cc(/C=C2\NC(=O)N(Cc3ccc(C(=O)OC)o3)C2=O)cc(Br)c1OCc1ccccc1F. The number of methoxy groups -OCH3 is 1. The van der Waals surface area contributed by atoms with E-state index in [0.29, 0.717) is 33.7 Å². The summed E-state index contributed by atoms with van der Waals surface area (Å²) in [6, 6.07) is 11.9. The number of carbonyl (C=O) groups is 3. The third-order valence-electron chi connectivity index (χ3n) is 5.30. The minimum atomic E-state index is -0.666. The molecule has 192 valence electrons. The lowest BCUT2D eigenvalue weighted by Gasteiger charge is -2.15. The summed E-state index contributed by atoms with van der Waals surface area (Å²) >= 11 is 3.45. The molecule has 0 radical (unpaired) electrons. The Balaban J connectivity index is 1.53. The minimum absolute atomic E-state index is 0.0141. The van der Waals surface area contributed by atoms with Crippen molar-refractivity contribution in [1.82, 2.24) is 10.2 Å².